The molecule has 2 heterocycles. The van der Waals surface area contributed by atoms with Crippen LogP contribution in [0.3, 0.4) is 0 Å². The van der Waals surface area contributed by atoms with Gasteiger partial charge in [0, 0.05) is 24.7 Å². The predicted molar refractivity (Wildman–Crippen MR) is 99.6 cm³/mol. The van der Waals surface area contributed by atoms with Gasteiger partial charge in [0.1, 0.15) is 5.82 Å². The molecule has 0 spiro atoms. The molecule has 8 heteroatoms. The first kappa shape index (κ1) is 19.4. The Kier molecular flexibility index (Phi) is 5.84. The Labute approximate surface area is 158 Å². The lowest BCUT2D eigenvalue weighted by Crippen LogP contribution is -2.45. The monoisotopic (exact) mass is 374 g/mol. The fraction of sp³-hybridized carbons (Fsp3) is 0.579. The number of tetrazole rings is 1. The second-order valence-corrected chi connectivity index (χ2v) is 7.71. The Morgan fingerprint density at radius 3 is 2.74 bits per heavy atom. The first-order chi connectivity index (χ1) is 12.9. The van der Waals surface area contributed by atoms with Gasteiger partial charge in [0.2, 0.25) is 0 Å². The lowest BCUT2D eigenvalue weighted by atomic mass is 10.0. The molecule has 0 aliphatic carbocycles. The summed E-state index contributed by atoms with van der Waals surface area (Å²) < 4.78 is 15.2. The molecule has 27 heavy (non-hydrogen) atoms. The van der Waals surface area contributed by atoms with Crippen molar-refractivity contribution in [1.29, 1.82) is 0 Å². The maximum atomic E-state index is 13.3. The number of carbonyl (C=O) groups is 1. The van der Waals surface area contributed by atoms with Gasteiger partial charge in [0.05, 0.1) is 12.1 Å². The lowest BCUT2D eigenvalue weighted by Gasteiger charge is -2.32. The summed E-state index contributed by atoms with van der Waals surface area (Å²) in [5.41, 5.74) is 0.245. The van der Waals surface area contributed by atoms with Crippen molar-refractivity contribution in [3.63, 3.8) is 0 Å². The van der Waals surface area contributed by atoms with Gasteiger partial charge in [-0.15, -0.1) is 5.10 Å². The van der Waals surface area contributed by atoms with E-state index in [1.165, 1.54) is 12.1 Å². The van der Waals surface area contributed by atoms with E-state index in [0.717, 1.165) is 38.2 Å². The van der Waals surface area contributed by atoms with Crippen LogP contribution in [0.1, 0.15) is 56.2 Å². The summed E-state index contributed by atoms with van der Waals surface area (Å²) in [4.78, 5) is 14.6. The minimum absolute atomic E-state index is 0.0973. The number of carbonyl (C=O) groups excluding carboxylic acids is 1. The zero-order chi connectivity index (χ0) is 19.4. The molecule has 146 valence electrons. The molecule has 1 amide bonds. The SMILES string of the molecule is CCC(C)(C)n1nnnc1CN1CCC(NC(=O)c2cccc(F)c2)CC1. The van der Waals surface area contributed by atoms with Crippen molar-refractivity contribution in [3.05, 3.63) is 41.5 Å². The molecule has 1 aromatic heterocycles. The third-order valence-electron chi connectivity index (χ3n) is 5.35. The Morgan fingerprint density at radius 1 is 1.33 bits per heavy atom. The summed E-state index contributed by atoms with van der Waals surface area (Å²) in [6.45, 7) is 8.78. The van der Waals surface area contributed by atoms with Crippen LogP contribution in [0.15, 0.2) is 24.3 Å². The second-order valence-electron chi connectivity index (χ2n) is 7.71. The largest absolute Gasteiger partial charge is 0.349 e. The molecular weight excluding hydrogens is 347 g/mol. The number of nitrogens with one attached hydrogen (secondary N) is 1. The van der Waals surface area contributed by atoms with E-state index in [2.05, 4.69) is 46.5 Å². The van der Waals surface area contributed by atoms with Gasteiger partial charge in [-0.3, -0.25) is 9.69 Å². The van der Waals surface area contributed by atoms with Crippen LogP contribution < -0.4 is 5.32 Å². The van der Waals surface area contributed by atoms with Crippen molar-refractivity contribution in [2.45, 2.75) is 58.2 Å². The highest BCUT2D eigenvalue weighted by Crippen LogP contribution is 2.21. The molecule has 0 unspecified atom stereocenters. The van der Waals surface area contributed by atoms with E-state index in [0.29, 0.717) is 12.1 Å². The van der Waals surface area contributed by atoms with E-state index in [1.54, 1.807) is 12.1 Å². The molecular formula is C19H27FN6O. The molecule has 1 aromatic carbocycles. The van der Waals surface area contributed by atoms with Gasteiger partial charge in [0.15, 0.2) is 5.82 Å². The van der Waals surface area contributed by atoms with Crippen molar-refractivity contribution in [1.82, 2.24) is 30.4 Å². The van der Waals surface area contributed by atoms with Crippen LogP contribution in [-0.2, 0) is 12.1 Å². The highest BCUT2D eigenvalue weighted by molar-refractivity contribution is 5.94. The average Bonchev–Trinajstić information content (AvgIpc) is 3.12. The number of hydrogen-bond donors (Lipinski definition) is 1. The molecule has 3 rings (SSSR count). The Hall–Kier alpha value is -2.35. The highest BCUT2D eigenvalue weighted by atomic mass is 19.1. The number of rotatable bonds is 6. The van der Waals surface area contributed by atoms with Gasteiger partial charge in [-0.25, -0.2) is 9.07 Å². The van der Waals surface area contributed by atoms with E-state index in [-0.39, 0.29) is 17.5 Å². The van der Waals surface area contributed by atoms with E-state index >= 15 is 0 Å². The summed E-state index contributed by atoms with van der Waals surface area (Å²) in [6.07, 6.45) is 2.64. The second kappa shape index (κ2) is 8.12. The Bertz CT molecular complexity index is 782. The molecule has 1 aliphatic heterocycles. The molecule has 1 saturated heterocycles. The van der Waals surface area contributed by atoms with Crippen LogP contribution in [0.2, 0.25) is 0 Å². The molecule has 0 atom stereocenters. The number of likely N-dealkylation sites (tertiary alicyclic amines) is 1. The van der Waals surface area contributed by atoms with Crippen LogP contribution >= 0.6 is 0 Å². The molecule has 0 bridgehead atoms. The number of hydrogen-bond acceptors (Lipinski definition) is 5. The summed E-state index contributed by atoms with van der Waals surface area (Å²) in [5, 5.41) is 15.2. The van der Waals surface area contributed by atoms with Crippen molar-refractivity contribution in [3.8, 4) is 0 Å². The summed E-state index contributed by atoms with van der Waals surface area (Å²) in [6, 6.07) is 5.88. The number of piperidine rings is 1. The molecule has 1 N–H and O–H groups in total. The minimum Gasteiger partial charge on any atom is -0.349 e. The Balaban J connectivity index is 1.53. The first-order valence-corrected chi connectivity index (χ1v) is 9.45. The van der Waals surface area contributed by atoms with Gasteiger partial charge >= 0.3 is 0 Å². The zero-order valence-corrected chi connectivity index (χ0v) is 16.2. The van der Waals surface area contributed by atoms with Gasteiger partial charge in [-0.05, 0) is 61.7 Å². The van der Waals surface area contributed by atoms with Crippen LogP contribution in [-0.4, -0.2) is 50.1 Å². The third-order valence-corrected chi connectivity index (χ3v) is 5.35. The molecule has 7 nitrogen and oxygen atoms in total. The number of nitrogens with zero attached hydrogens (tertiary/aromatic N) is 5. The summed E-state index contributed by atoms with van der Waals surface area (Å²) in [5.74, 6) is 0.246. The van der Waals surface area contributed by atoms with E-state index < -0.39 is 5.82 Å². The van der Waals surface area contributed by atoms with Gasteiger partial charge in [-0.2, -0.15) is 0 Å². The fourth-order valence-corrected chi connectivity index (χ4v) is 3.26. The van der Waals surface area contributed by atoms with Crippen molar-refractivity contribution in [2.24, 2.45) is 0 Å². The van der Waals surface area contributed by atoms with Crippen LogP contribution in [0, 0.1) is 5.82 Å². The van der Waals surface area contributed by atoms with E-state index in [9.17, 15) is 9.18 Å². The van der Waals surface area contributed by atoms with Crippen LogP contribution in [0.5, 0.6) is 0 Å². The lowest BCUT2D eigenvalue weighted by molar-refractivity contribution is 0.0906. The topological polar surface area (TPSA) is 75.9 Å². The molecule has 1 aliphatic rings. The van der Waals surface area contributed by atoms with Crippen LogP contribution in [0.4, 0.5) is 4.39 Å². The van der Waals surface area contributed by atoms with Crippen molar-refractivity contribution < 1.29 is 9.18 Å². The Morgan fingerprint density at radius 2 is 2.07 bits per heavy atom. The fourth-order valence-electron chi connectivity index (χ4n) is 3.26. The number of benzene rings is 1. The standard InChI is InChI=1S/C19H27FN6O/c1-4-19(2,3)26-17(22-23-24-26)13-25-10-8-16(9-11-25)21-18(27)14-6-5-7-15(20)12-14/h5-7,12,16H,4,8-11,13H2,1-3H3,(H,21,27). The maximum absolute atomic E-state index is 13.3. The molecule has 0 radical (unpaired) electrons. The molecule has 1 fully saturated rings. The minimum atomic E-state index is -0.398. The third kappa shape index (κ3) is 4.68. The number of aromatic nitrogens is 4. The number of amides is 1. The molecule has 0 saturated carbocycles. The van der Waals surface area contributed by atoms with Crippen molar-refractivity contribution in [2.75, 3.05) is 13.1 Å². The first-order valence-electron chi connectivity index (χ1n) is 9.45. The van der Waals surface area contributed by atoms with E-state index in [1.807, 2.05) is 4.68 Å². The van der Waals surface area contributed by atoms with Crippen LogP contribution in [0.25, 0.3) is 0 Å². The van der Waals surface area contributed by atoms with E-state index in [4.69, 9.17) is 0 Å². The number of halogens is 1. The highest BCUT2D eigenvalue weighted by Gasteiger charge is 2.26. The summed E-state index contributed by atoms with van der Waals surface area (Å²) >= 11 is 0. The maximum Gasteiger partial charge on any atom is 0.251 e. The van der Waals surface area contributed by atoms with Gasteiger partial charge < -0.3 is 5.32 Å². The average molecular weight is 374 g/mol. The van der Waals surface area contributed by atoms with Gasteiger partial charge in [0.25, 0.3) is 5.91 Å². The van der Waals surface area contributed by atoms with Gasteiger partial charge in [-0.1, -0.05) is 13.0 Å². The predicted octanol–water partition coefficient (Wildman–Crippen LogP) is 2.35. The zero-order valence-electron chi connectivity index (χ0n) is 16.2. The van der Waals surface area contributed by atoms with Crippen molar-refractivity contribution >= 4 is 5.91 Å². The normalized spacial score (nSPS) is 16.4. The quantitative estimate of drug-likeness (QED) is 0.840. The summed E-state index contributed by atoms with van der Waals surface area (Å²) in [7, 11) is 0. The smallest absolute Gasteiger partial charge is 0.251 e. The molecule has 2 aromatic rings.